The number of hydrogen-bond donors (Lipinski definition) is 2. The van der Waals surface area contributed by atoms with E-state index in [1.54, 1.807) is 66.7 Å². The second-order valence-electron chi connectivity index (χ2n) is 6.28. The van der Waals surface area contributed by atoms with E-state index in [1.165, 1.54) is 6.21 Å². The molecule has 30 heavy (non-hydrogen) atoms. The van der Waals surface area contributed by atoms with Crippen LogP contribution in [0.5, 0.6) is 5.75 Å². The van der Waals surface area contributed by atoms with Crippen LogP contribution in [0.2, 0.25) is 0 Å². The largest absolute Gasteiger partial charge is 0.478 e. The summed E-state index contributed by atoms with van der Waals surface area (Å²) in [6, 6.07) is 24.5. The number of nitrogens with one attached hydrogen (secondary N) is 1. The summed E-state index contributed by atoms with van der Waals surface area (Å²) in [7, 11) is 0. The summed E-state index contributed by atoms with van der Waals surface area (Å²) >= 11 is 3.37. The van der Waals surface area contributed by atoms with Crippen LogP contribution in [0.15, 0.2) is 88.4 Å². The Balaban J connectivity index is 1.80. The first-order chi connectivity index (χ1) is 14.6. The number of carbonyl (C=O) groups is 1. The molecule has 0 bridgehead atoms. The molecule has 3 aromatic rings. The minimum Gasteiger partial charge on any atom is -0.478 e. The van der Waals surface area contributed by atoms with Crippen molar-refractivity contribution in [1.82, 2.24) is 5.43 Å². The number of carbonyl (C=O) groups excluding carboxylic acids is 1. The fraction of sp³-hybridized carbons (Fsp3) is 0.0870. The van der Waals surface area contributed by atoms with Gasteiger partial charge in [-0.3, -0.25) is 4.79 Å². The molecule has 0 saturated heterocycles. The third kappa shape index (κ3) is 4.74. The Hall–Kier alpha value is -3.47. The smallest absolute Gasteiger partial charge is 0.281 e. The molecule has 0 unspecified atom stereocenters. The number of rotatable bonds is 7. The lowest BCUT2D eigenvalue weighted by Crippen LogP contribution is -2.43. The van der Waals surface area contributed by atoms with Crippen molar-refractivity contribution in [3.63, 3.8) is 0 Å². The van der Waals surface area contributed by atoms with E-state index in [0.29, 0.717) is 26.9 Å². The van der Waals surface area contributed by atoms with Gasteiger partial charge in [0.25, 0.3) is 5.91 Å². The van der Waals surface area contributed by atoms with E-state index >= 15 is 0 Å². The van der Waals surface area contributed by atoms with Crippen molar-refractivity contribution in [1.29, 1.82) is 5.26 Å². The van der Waals surface area contributed by atoms with E-state index in [0.717, 1.165) is 0 Å². The number of nitrogens with zero attached hydrogens (tertiary/aromatic N) is 2. The molecular weight excluding hydrogens is 446 g/mol. The lowest BCUT2D eigenvalue weighted by molar-refractivity contribution is -0.136. The summed E-state index contributed by atoms with van der Waals surface area (Å²) < 4.78 is 5.92. The van der Waals surface area contributed by atoms with Gasteiger partial charge in [-0.05, 0) is 50.8 Å². The van der Waals surface area contributed by atoms with Crippen molar-refractivity contribution >= 4 is 28.1 Å². The third-order valence-corrected chi connectivity index (χ3v) is 4.96. The lowest BCUT2D eigenvalue weighted by atomic mass is 9.85. The number of hydrazone groups is 1. The van der Waals surface area contributed by atoms with Crippen molar-refractivity contribution in [2.75, 3.05) is 6.61 Å². The monoisotopic (exact) mass is 463 g/mol. The highest BCUT2D eigenvalue weighted by Gasteiger charge is 2.39. The third-order valence-electron chi connectivity index (χ3n) is 4.34. The number of ether oxygens (including phenoxy) is 1. The van der Waals surface area contributed by atoms with Gasteiger partial charge in [0.05, 0.1) is 10.7 Å². The highest BCUT2D eigenvalue weighted by atomic mass is 79.9. The van der Waals surface area contributed by atoms with E-state index in [1.807, 2.05) is 18.2 Å². The zero-order valence-electron chi connectivity index (χ0n) is 15.8. The zero-order valence-corrected chi connectivity index (χ0v) is 17.4. The van der Waals surface area contributed by atoms with Gasteiger partial charge in [-0.25, -0.2) is 5.43 Å². The standard InChI is InChI=1S/C23H18BrN3O3/c24-20-15-17(11-12-21(20)30-14-13-25)16-26-27-22(28)23(29,18-7-3-1-4-8-18)19-9-5-2-6-10-19/h1-12,15-16,29H,14H2,(H,27,28)/b26-16+. The van der Waals surface area contributed by atoms with Crippen molar-refractivity contribution < 1.29 is 14.6 Å². The Morgan fingerprint density at radius 2 is 1.70 bits per heavy atom. The van der Waals surface area contributed by atoms with Crippen molar-refractivity contribution in [3.8, 4) is 11.8 Å². The summed E-state index contributed by atoms with van der Waals surface area (Å²) in [6.45, 7) is -0.0559. The molecule has 0 aromatic heterocycles. The van der Waals surface area contributed by atoms with Gasteiger partial charge in [-0.15, -0.1) is 0 Å². The van der Waals surface area contributed by atoms with Gasteiger partial charge in [0.1, 0.15) is 11.8 Å². The SMILES string of the molecule is N#CCOc1ccc(/C=N/NC(=O)C(O)(c2ccccc2)c2ccccc2)cc1Br. The van der Waals surface area contributed by atoms with Crippen LogP contribution in [-0.2, 0) is 10.4 Å². The van der Waals surface area contributed by atoms with Gasteiger partial charge in [0.2, 0.25) is 0 Å². The molecule has 3 aromatic carbocycles. The average Bonchev–Trinajstić information content (AvgIpc) is 2.79. The maximum Gasteiger partial charge on any atom is 0.281 e. The molecule has 150 valence electrons. The molecule has 0 heterocycles. The molecule has 0 aliphatic heterocycles. The van der Waals surface area contributed by atoms with Gasteiger partial charge in [0.15, 0.2) is 12.2 Å². The first-order valence-electron chi connectivity index (χ1n) is 9.02. The summed E-state index contributed by atoms with van der Waals surface area (Å²) in [4.78, 5) is 13.0. The Morgan fingerprint density at radius 3 is 2.23 bits per heavy atom. The van der Waals surface area contributed by atoms with E-state index < -0.39 is 11.5 Å². The number of benzene rings is 3. The fourth-order valence-corrected chi connectivity index (χ4v) is 3.37. The minimum absolute atomic E-state index is 0.0559. The maximum atomic E-state index is 13.0. The molecule has 0 atom stereocenters. The predicted molar refractivity (Wildman–Crippen MR) is 117 cm³/mol. The number of nitriles is 1. The van der Waals surface area contributed by atoms with Gasteiger partial charge >= 0.3 is 0 Å². The second-order valence-corrected chi connectivity index (χ2v) is 7.13. The maximum absolute atomic E-state index is 13.0. The summed E-state index contributed by atoms with van der Waals surface area (Å²) in [6.07, 6.45) is 1.45. The number of halogens is 1. The molecule has 0 aliphatic rings. The van der Waals surface area contributed by atoms with Crippen LogP contribution in [0.4, 0.5) is 0 Å². The highest BCUT2D eigenvalue weighted by molar-refractivity contribution is 9.10. The highest BCUT2D eigenvalue weighted by Crippen LogP contribution is 2.30. The van der Waals surface area contributed by atoms with E-state index in [-0.39, 0.29) is 6.61 Å². The van der Waals surface area contributed by atoms with Gasteiger partial charge in [0, 0.05) is 0 Å². The quantitative estimate of drug-likeness (QED) is 0.412. The van der Waals surface area contributed by atoms with Crippen LogP contribution < -0.4 is 10.2 Å². The fourth-order valence-electron chi connectivity index (χ4n) is 2.86. The molecule has 7 heteroatoms. The predicted octanol–water partition coefficient (Wildman–Crippen LogP) is 3.74. The van der Waals surface area contributed by atoms with Crippen molar-refractivity contribution in [3.05, 3.63) is 100 Å². The van der Waals surface area contributed by atoms with Gasteiger partial charge < -0.3 is 9.84 Å². The summed E-state index contributed by atoms with van der Waals surface area (Å²) in [5.41, 5.74) is 2.10. The zero-order chi connectivity index (χ0) is 21.4. The Labute approximate surface area is 182 Å². The molecule has 0 fully saturated rings. The lowest BCUT2D eigenvalue weighted by Gasteiger charge is -2.27. The Bertz CT molecular complexity index is 1040. The van der Waals surface area contributed by atoms with E-state index in [4.69, 9.17) is 10.00 Å². The molecule has 0 radical (unpaired) electrons. The molecule has 1 amide bonds. The van der Waals surface area contributed by atoms with Crippen LogP contribution >= 0.6 is 15.9 Å². The Kier molecular flexibility index (Phi) is 6.96. The van der Waals surface area contributed by atoms with Gasteiger partial charge in [-0.2, -0.15) is 10.4 Å². The summed E-state index contributed by atoms with van der Waals surface area (Å²) in [5, 5.41) is 23.9. The van der Waals surface area contributed by atoms with Crippen LogP contribution in [-0.4, -0.2) is 23.8 Å². The minimum atomic E-state index is -1.89. The van der Waals surface area contributed by atoms with Crippen LogP contribution in [0.3, 0.4) is 0 Å². The first kappa shape index (κ1) is 21.2. The van der Waals surface area contributed by atoms with E-state index in [2.05, 4.69) is 26.5 Å². The van der Waals surface area contributed by atoms with Crippen LogP contribution in [0.25, 0.3) is 0 Å². The number of hydrogen-bond acceptors (Lipinski definition) is 5. The molecule has 6 nitrogen and oxygen atoms in total. The molecule has 0 spiro atoms. The van der Waals surface area contributed by atoms with Crippen LogP contribution in [0.1, 0.15) is 16.7 Å². The Morgan fingerprint density at radius 1 is 1.10 bits per heavy atom. The van der Waals surface area contributed by atoms with Crippen LogP contribution in [0, 0.1) is 11.3 Å². The normalized spacial score (nSPS) is 11.1. The molecule has 3 rings (SSSR count). The molecule has 2 N–H and O–H groups in total. The molecule has 0 aliphatic carbocycles. The summed E-state index contributed by atoms with van der Waals surface area (Å²) in [5.74, 6) is -0.149. The topological polar surface area (TPSA) is 94.7 Å². The van der Waals surface area contributed by atoms with Crippen molar-refractivity contribution in [2.45, 2.75) is 5.60 Å². The second kappa shape index (κ2) is 9.83. The van der Waals surface area contributed by atoms with Gasteiger partial charge in [-0.1, -0.05) is 60.7 Å². The average molecular weight is 464 g/mol. The van der Waals surface area contributed by atoms with E-state index in [9.17, 15) is 9.90 Å². The first-order valence-corrected chi connectivity index (χ1v) is 9.81. The number of amides is 1. The van der Waals surface area contributed by atoms with Crippen molar-refractivity contribution in [2.24, 2.45) is 5.10 Å². The number of aliphatic hydroxyl groups is 1. The molecule has 0 saturated carbocycles. The molecular formula is C23H18BrN3O3.